The van der Waals surface area contributed by atoms with Gasteiger partial charge in [0.2, 0.25) is 0 Å². The Kier molecular flexibility index (Phi) is 6.99. The molecule has 2 aliphatic heterocycles. The standard InChI is InChI=1S/C27H31BrN6O4/c1-14-8-17(6-7-20(14)28)26(36)33-11-21-19(9-15(33)2)27(37)34(24(30-21)16(3)18-12-38-13-18)23-10-22(25(35)29-4)32(5)31-23/h6-8,10,15-16,18H,9,11-13H2,1-5H3,(H,29,35). The molecule has 2 aliphatic rings. The lowest BCUT2D eigenvalue weighted by molar-refractivity contribution is -0.0439. The summed E-state index contributed by atoms with van der Waals surface area (Å²) < 4.78 is 9.37. The molecular formula is C27H31BrN6O4. The summed E-state index contributed by atoms with van der Waals surface area (Å²) in [6.07, 6.45) is 0.374. The van der Waals surface area contributed by atoms with Gasteiger partial charge >= 0.3 is 0 Å². The van der Waals surface area contributed by atoms with Crippen LogP contribution < -0.4 is 10.9 Å². The van der Waals surface area contributed by atoms with Crippen molar-refractivity contribution in [1.29, 1.82) is 0 Å². The maximum Gasteiger partial charge on any atom is 0.269 e. The van der Waals surface area contributed by atoms with Gasteiger partial charge in [-0.1, -0.05) is 22.9 Å². The lowest BCUT2D eigenvalue weighted by atomic mass is 9.90. The third-order valence-corrected chi connectivity index (χ3v) is 8.53. The summed E-state index contributed by atoms with van der Waals surface area (Å²) in [5.41, 5.74) is 2.89. The minimum atomic E-state index is -0.293. The predicted molar refractivity (Wildman–Crippen MR) is 145 cm³/mol. The van der Waals surface area contributed by atoms with Crippen LogP contribution in [0, 0.1) is 12.8 Å². The first kappa shape index (κ1) is 26.3. The molecule has 0 aliphatic carbocycles. The number of carbonyl (C=O) groups is 2. The zero-order chi connectivity index (χ0) is 27.3. The van der Waals surface area contributed by atoms with Gasteiger partial charge in [-0.05, 0) is 44.0 Å². The SMILES string of the molecule is CNC(=O)c1cc(-n2c(C(C)C3COC3)nc3c(c2=O)CC(C)N(C(=O)c2ccc(Br)c(C)c2)C3)nn1C. The number of nitrogens with zero attached hydrogens (tertiary/aromatic N) is 5. The van der Waals surface area contributed by atoms with Crippen LogP contribution in [0.15, 0.2) is 33.5 Å². The summed E-state index contributed by atoms with van der Waals surface area (Å²) in [4.78, 5) is 46.7. The fraction of sp³-hybridized carbons (Fsp3) is 0.444. The number of ether oxygens (including phenoxy) is 1. The van der Waals surface area contributed by atoms with Crippen LogP contribution in [0.2, 0.25) is 0 Å². The number of fused-ring (bicyclic) bond motifs is 1. The molecule has 0 spiro atoms. The van der Waals surface area contributed by atoms with Gasteiger partial charge in [-0.3, -0.25) is 19.1 Å². The van der Waals surface area contributed by atoms with E-state index < -0.39 is 0 Å². The van der Waals surface area contributed by atoms with Crippen LogP contribution in [0.3, 0.4) is 0 Å². The fourth-order valence-electron chi connectivity index (χ4n) is 5.07. The van der Waals surface area contributed by atoms with Crippen molar-refractivity contribution in [2.45, 2.75) is 45.7 Å². The molecule has 200 valence electrons. The Morgan fingerprint density at radius 1 is 1.24 bits per heavy atom. The van der Waals surface area contributed by atoms with E-state index in [1.165, 1.54) is 9.25 Å². The van der Waals surface area contributed by atoms with E-state index in [4.69, 9.17) is 9.72 Å². The number of carbonyl (C=O) groups excluding carboxylic acids is 2. The molecule has 1 N–H and O–H groups in total. The van der Waals surface area contributed by atoms with Crippen LogP contribution in [-0.4, -0.2) is 62.3 Å². The number of hydrogen-bond acceptors (Lipinski definition) is 6. The third-order valence-electron chi connectivity index (χ3n) is 7.64. The Bertz CT molecular complexity index is 1490. The summed E-state index contributed by atoms with van der Waals surface area (Å²) in [6.45, 7) is 7.34. The minimum Gasteiger partial charge on any atom is -0.381 e. The Hall–Kier alpha value is -3.31. The molecule has 0 saturated carbocycles. The van der Waals surface area contributed by atoms with Gasteiger partial charge in [0.1, 0.15) is 11.5 Å². The van der Waals surface area contributed by atoms with Crippen molar-refractivity contribution in [2.24, 2.45) is 13.0 Å². The molecule has 1 saturated heterocycles. The third kappa shape index (κ3) is 4.47. The van der Waals surface area contributed by atoms with Crippen molar-refractivity contribution in [3.8, 4) is 5.82 Å². The smallest absolute Gasteiger partial charge is 0.269 e. The zero-order valence-corrected chi connectivity index (χ0v) is 23.7. The molecule has 2 atom stereocenters. The molecule has 11 heteroatoms. The van der Waals surface area contributed by atoms with Gasteiger partial charge in [0.25, 0.3) is 17.4 Å². The van der Waals surface area contributed by atoms with E-state index in [9.17, 15) is 14.4 Å². The highest BCUT2D eigenvalue weighted by Crippen LogP contribution is 2.31. The summed E-state index contributed by atoms with van der Waals surface area (Å²) in [5.74, 6) is 0.643. The molecule has 0 bridgehead atoms. The summed E-state index contributed by atoms with van der Waals surface area (Å²) >= 11 is 3.49. The molecule has 2 amide bonds. The van der Waals surface area contributed by atoms with Crippen molar-refractivity contribution in [1.82, 2.24) is 29.5 Å². The number of benzene rings is 1. The average Bonchev–Trinajstić information content (AvgIpc) is 3.24. The van der Waals surface area contributed by atoms with Gasteiger partial charge in [0.05, 0.1) is 25.5 Å². The van der Waals surface area contributed by atoms with Crippen LogP contribution in [0.1, 0.15) is 63.3 Å². The molecule has 4 heterocycles. The second kappa shape index (κ2) is 10.1. The maximum absolute atomic E-state index is 14.0. The van der Waals surface area contributed by atoms with Gasteiger partial charge in [-0.25, -0.2) is 9.55 Å². The number of halogens is 1. The van der Waals surface area contributed by atoms with Crippen LogP contribution in [-0.2, 0) is 24.8 Å². The summed E-state index contributed by atoms with van der Waals surface area (Å²) in [7, 11) is 3.22. The van der Waals surface area contributed by atoms with E-state index in [1.807, 2.05) is 39.0 Å². The van der Waals surface area contributed by atoms with Crippen LogP contribution in [0.4, 0.5) is 0 Å². The molecule has 10 nitrogen and oxygen atoms in total. The van der Waals surface area contributed by atoms with Gasteiger partial charge < -0.3 is 15.0 Å². The fourth-order valence-corrected chi connectivity index (χ4v) is 5.32. The maximum atomic E-state index is 14.0. The molecule has 3 aromatic rings. The van der Waals surface area contributed by atoms with Gasteiger partial charge in [0.15, 0.2) is 5.82 Å². The molecule has 38 heavy (non-hydrogen) atoms. The first-order valence-corrected chi connectivity index (χ1v) is 13.5. The van der Waals surface area contributed by atoms with E-state index in [0.29, 0.717) is 53.8 Å². The first-order chi connectivity index (χ1) is 18.1. The highest BCUT2D eigenvalue weighted by Gasteiger charge is 2.35. The minimum absolute atomic E-state index is 0.0911. The second-order valence-electron chi connectivity index (χ2n) is 10.2. The molecule has 1 aromatic carbocycles. The molecule has 2 unspecified atom stereocenters. The van der Waals surface area contributed by atoms with Crippen molar-refractivity contribution < 1.29 is 14.3 Å². The normalized spacial score (nSPS) is 18.1. The van der Waals surface area contributed by atoms with Crippen molar-refractivity contribution >= 4 is 27.7 Å². The number of aromatic nitrogens is 4. The highest BCUT2D eigenvalue weighted by molar-refractivity contribution is 9.10. The molecule has 5 rings (SSSR count). The number of amides is 2. The van der Waals surface area contributed by atoms with Crippen molar-refractivity contribution in [2.75, 3.05) is 20.3 Å². The van der Waals surface area contributed by atoms with Crippen LogP contribution in [0.5, 0.6) is 0 Å². The lowest BCUT2D eigenvalue weighted by Gasteiger charge is -2.36. The van der Waals surface area contributed by atoms with E-state index >= 15 is 0 Å². The Balaban J connectivity index is 1.60. The molecule has 1 fully saturated rings. The average molecular weight is 583 g/mol. The number of hydrogen-bond donors (Lipinski definition) is 1. The molecular weight excluding hydrogens is 552 g/mol. The van der Waals surface area contributed by atoms with E-state index in [1.54, 1.807) is 25.1 Å². The zero-order valence-electron chi connectivity index (χ0n) is 22.1. The topological polar surface area (TPSA) is 111 Å². The highest BCUT2D eigenvalue weighted by atomic mass is 79.9. The monoisotopic (exact) mass is 582 g/mol. The first-order valence-electron chi connectivity index (χ1n) is 12.7. The van der Waals surface area contributed by atoms with Crippen molar-refractivity contribution in [3.63, 3.8) is 0 Å². The largest absolute Gasteiger partial charge is 0.381 e. The Morgan fingerprint density at radius 2 is 1.97 bits per heavy atom. The van der Waals surface area contributed by atoms with E-state index in [-0.39, 0.29) is 41.8 Å². The van der Waals surface area contributed by atoms with E-state index in [0.717, 1.165) is 10.0 Å². The number of rotatable bonds is 5. The number of nitrogens with one attached hydrogen (secondary N) is 1. The Labute approximate surface area is 229 Å². The molecule has 0 radical (unpaired) electrons. The predicted octanol–water partition coefficient (Wildman–Crippen LogP) is 2.73. The molecule has 2 aromatic heterocycles. The van der Waals surface area contributed by atoms with Crippen molar-refractivity contribution in [3.05, 3.63) is 73.0 Å². The quantitative estimate of drug-likeness (QED) is 0.495. The lowest BCUT2D eigenvalue weighted by Crippen LogP contribution is -2.46. The summed E-state index contributed by atoms with van der Waals surface area (Å²) in [6, 6.07) is 6.97. The van der Waals surface area contributed by atoms with Gasteiger partial charge in [-0.2, -0.15) is 5.10 Å². The van der Waals surface area contributed by atoms with Gasteiger partial charge in [-0.15, -0.1) is 0 Å². The van der Waals surface area contributed by atoms with Crippen LogP contribution >= 0.6 is 15.9 Å². The number of aryl methyl sites for hydroxylation is 2. The Morgan fingerprint density at radius 3 is 2.61 bits per heavy atom. The second-order valence-corrected chi connectivity index (χ2v) is 11.0. The van der Waals surface area contributed by atoms with Crippen LogP contribution in [0.25, 0.3) is 5.82 Å². The van der Waals surface area contributed by atoms with Gasteiger partial charge in [0, 0.05) is 53.6 Å². The summed E-state index contributed by atoms with van der Waals surface area (Å²) in [5, 5.41) is 7.11. The van der Waals surface area contributed by atoms with E-state index in [2.05, 4.69) is 26.3 Å².